The minimum atomic E-state index is -1.78. The maximum Gasteiger partial charge on any atom is 0 e. The second-order valence-corrected chi connectivity index (χ2v) is 24.5. The van der Waals surface area contributed by atoms with Crippen molar-refractivity contribution in [1.82, 2.24) is 0 Å². The van der Waals surface area contributed by atoms with Crippen molar-refractivity contribution in [3.05, 3.63) is 166 Å². The van der Waals surface area contributed by atoms with E-state index in [4.69, 9.17) is 4.42 Å². The summed E-state index contributed by atoms with van der Waals surface area (Å²) in [6.07, 6.45) is 4.20. The normalized spacial score (nSPS) is 11.3. The third-order valence-electron chi connectivity index (χ3n) is 9.00. The van der Waals surface area contributed by atoms with E-state index in [0.29, 0.717) is 5.92 Å². The number of fused-ring (bicyclic) bond motifs is 3. The molecule has 0 aliphatic carbocycles. The molecule has 0 bridgehead atoms. The summed E-state index contributed by atoms with van der Waals surface area (Å²) in [6, 6.07) is 37.9. The Morgan fingerprint density at radius 2 is 1.37 bits per heavy atom. The minimum Gasteiger partial charge on any atom is 0 e. The molecule has 7 aromatic rings. The van der Waals surface area contributed by atoms with E-state index in [1.807, 2.05) is 39.6 Å². The number of furan rings is 1. The standard InChI is InChI=1S/C28H24NO.C16H20GeN.Ir/c1-18(2)21-14-15-29(4)25(17-21)27-19(3)10-12-23-24-16-22(20-8-6-5-7-9-20)11-13-26(24)30-28(23)27;1-13-8-6-7-9-15(13)16-11-10-14(12-18(16)5)17(2,3)4;/h5-18H,3-4H2,1-2H3;6-12H,1,5H2,2-4H3;/q2*-1;. The average molecular weight is 882 g/mol. The average Bonchev–Trinajstić information content (AvgIpc) is 3.43. The van der Waals surface area contributed by atoms with Gasteiger partial charge in [0.05, 0.1) is 17.5 Å². The van der Waals surface area contributed by atoms with Gasteiger partial charge >= 0.3 is 113 Å². The van der Waals surface area contributed by atoms with Gasteiger partial charge in [-0.2, -0.15) is 18.6 Å². The Hall–Kier alpha value is -4.35. The summed E-state index contributed by atoms with van der Waals surface area (Å²) in [5.74, 6) is 7.61. The quantitative estimate of drug-likeness (QED) is 0.0959. The molecule has 0 saturated heterocycles. The molecule has 3 heterocycles. The molecule has 0 aliphatic rings. The maximum atomic E-state index is 6.38. The third-order valence-corrected chi connectivity index (χ3v) is 13.3. The fourth-order valence-corrected chi connectivity index (χ4v) is 8.46. The predicted molar refractivity (Wildman–Crippen MR) is 204 cm³/mol. The number of hydrogen-bond acceptors (Lipinski definition) is 1. The number of benzene rings is 4. The SMILES string of the molecule is [CH2-]c1ccc2c(oc3ccc(-c4ccccc4)cc32)c1-c1cc(C(C)C)cc[n+]1[CH2-].[CH2-]c1ccccc1-c1cc[c]([Ge]([CH3])([CH3])[CH3])c[n+]1[CH2-].[Ir]. The zero-order chi connectivity index (χ0) is 34.2. The molecule has 49 heavy (non-hydrogen) atoms. The van der Waals surface area contributed by atoms with Crippen LogP contribution in [0.25, 0.3) is 55.6 Å². The van der Waals surface area contributed by atoms with Gasteiger partial charge in [-0.3, -0.25) is 0 Å². The van der Waals surface area contributed by atoms with Crippen molar-refractivity contribution < 1.29 is 33.7 Å². The zero-order valence-electron chi connectivity index (χ0n) is 29.1. The summed E-state index contributed by atoms with van der Waals surface area (Å²) in [5.41, 5.74) is 11.7. The van der Waals surface area contributed by atoms with Crippen LogP contribution in [-0.4, -0.2) is 13.3 Å². The Morgan fingerprint density at radius 3 is 2.04 bits per heavy atom. The van der Waals surface area contributed by atoms with Gasteiger partial charge in [0.15, 0.2) is 0 Å². The van der Waals surface area contributed by atoms with Gasteiger partial charge in [-0.1, -0.05) is 73.5 Å². The molecule has 4 aromatic carbocycles. The molecule has 1 radical (unpaired) electrons. The van der Waals surface area contributed by atoms with E-state index in [9.17, 15) is 0 Å². The molecule has 3 aromatic heterocycles. The van der Waals surface area contributed by atoms with Crippen LogP contribution in [0.15, 0.2) is 126 Å². The van der Waals surface area contributed by atoms with Gasteiger partial charge in [-0.15, -0.1) is 6.07 Å². The van der Waals surface area contributed by atoms with Crippen molar-refractivity contribution in [2.24, 2.45) is 0 Å². The van der Waals surface area contributed by atoms with Gasteiger partial charge < -0.3 is 8.98 Å². The molecule has 0 spiro atoms. The van der Waals surface area contributed by atoms with Gasteiger partial charge in [-0.05, 0) is 29.2 Å². The fourth-order valence-electron chi connectivity index (χ4n) is 6.10. The molecule has 5 heteroatoms. The fraction of sp³-hybridized carbons (Fsp3) is 0.136. The smallest absolute Gasteiger partial charge is 0 e. The van der Waals surface area contributed by atoms with Crippen LogP contribution < -0.4 is 13.5 Å². The molecule has 3 nitrogen and oxygen atoms in total. The number of hydrogen-bond donors (Lipinski definition) is 0. The number of pyridine rings is 2. The third kappa shape index (κ3) is 7.48. The molecule has 0 N–H and O–H groups in total. The molecule has 0 saturated carbocycles. The second-order valence-electron chi connectivity index (χ2n) is 13.8. The Balaban J connectivity index is 0.000000212. The van der Waals surface area contributed by atoms with Crippen LogP contribution in [0, 0.1) is 27.9 Å². The van der Waals surface area contributed by atoms with Crippen LogP contribution >= 0.6 is 0 Å². The van der Waals surface area contributed by atoms with Crippen molar-refractivity contribution in [2.75, 3.05) is 0 Å². The van der Waals surface area contributed by atoms with Crippen molar-refractivity contribution >= 4 is 39.6 Å². The van der Waals surface area contributed by atoms with Crippen LogP contribution in [0.1, 0.15) is 36.5 Å². The van der Waals surface area contributed by atoms with Crippen molar-refractivity contribution in [3.8, 4) is 33.6 Å². The monoisotopic (exact) mass is 883 g/mol. The summed E-state index contributed by atoms with van der Waals surface area (Å²) in [6.45, 7) is 12.8. The summed E-state index contributed by atoms with van der Waals surface area (Å²) >= 11 is -1.78. The second kappa shape index (κ2) is 14.6. The molecular formula is C44H44GeIrN2O-2. The first kappa shape index (κ1) is 35.9. The first-order valence-electron chi connectivity index (χ1n) is 16.4. The van der Waals surface area contributed by atoms with Crippen LogP contribution in [0.4, 0.5) is 0 Å². The van der Waals surface area contributed by atoms with E-state index in [1.165, 1.54) is 21.1 Å². The van der Waals surface area contributed by atoms with Gasteiger partial charge in [0.1, 0.15) is 5.58 Å². The molecular weight excluding hydrogens is 837 g/mol. The number of nitrogens with zero attached hydrogens (tertiary/aromatic N) is 2. The molecule has 251 valence electrons. The topological polar surface area (TPSA) is 20.9 Å². The zero-order valence-corrected chi connectivity index (χ0v) is 33.6. The Bertz CT molecular complexity index is 2250. The summed E-state index contributed by atoms with van der Waals surface area (Å²) in [4.78, 5) is 0. The largest absolute Gasteiger partial charge is 0 e. The van der Waals surface area contributed by atoms with Crippen molar-refractivity contribution in [1.29, 1.82) is 0 Å². The maximum absolute atomic E-state index is 6.38. The molecule has 0 amide bonds. The molecule has 0 aliphatic heterocycles. The van der Waals surface area contributed by atoms with Crippen LogP contribution in [0.2, 0.25) is 17.3 Å². The predicted octanol–water partition coefficient (Wildman–Crippen LogP) is 10.2. The van der Waals surface area contributed by atoms with E-state index >= 15 is 0 Å². The first-order chi connectivity index (χ1) is 22.9. The van der Waals surface area contributed by atoms with E-state index in [-0.39, 0.29) is 20.1 Å². The van der Waals surface area contributed by atoms with Gasteiger partial charge in [0.25, 0.3) is 0 Å². The van der Waals surface area contributed by atoms with E-state index in [2.05, 4.69) is 150 Å². The number of rotatable bonds is 5. The molecule has 0 fully saturated rings. The minimum absolute atomic E-state index is 0. The van der Waals surface area contributed by atoms with Crippen LogP contribution in [0.3, 0.4) is 0 Å². The van der Waals surface area contributed by atoms with Crippen molar-refractivity contribution in [2.45, 2.75) is 37.0 Å². The Labute approximate surface area is 308 Å². The van der Waals surface area contributed by atoms with Crippen molar-refractivity contribution in [3.63, 3.8) is 0 Å². The Morgan fingerprint density at radius 1 is 0.653 bits per heavy atom. The Kier molecular flexibility index (Phi) is 10.7. The molecule has 0 atom stereocenters. The summed E-state index contributed by atoms with van der Waals surface area (Å²) < 4.78 is 11.7. The first-order valence-corrected chi connectivity index (χ1v) is 23.8. The summed E-state index contributed by atoms with van der Waals surface area (Å²) in [7, 11) is 8.33. The summed E-state index contributed by atoms with van der Waals surface area (Å²) in [5, 5.41) is 2.21. The van der Waals surface area contributed by atoms with Gasteiger partial charge in [0.2, 0.25) is 0 Å². The molecule has 0 unspecified atom stereocenters. The van der Waals surface area contributed by atoms with Gasteiger partial charge in [0, 0.05) is 37.9 Å². The van der Waals surface area contributed by atoms with Gasteiger partial charge in [-0.25, -0.2) is 0 Å². The number of aromatic nitrogens is 2. The van der Waals surface area contributed by atoms with Crippen LogP contribution in [-0.2, 0) is 20.1 Å². The van der Waals surface area contributed by atoms with E-state index < -0.39 is 13.3 Å². The van der Waals surface area contributed by atoms with E-state index in [0.717, 1.165) is 55.6 Å². The van der Waals surface area contributed by atoms with E-state index in [1.54, 1.807) is 0 Å². The van der Waals surface area contributed by atoms with Crippen LogP contribution in [0.5, 0.6) is 0 Å². The molecule has 7 rings (SSSR count).